The fourth-order valence-corrected chi connectivity index (χ4v) is 2.29. The molecular weight excluding hydrogens is 244 g/mol. The van der Waals surface area contributed by atoms with Crippen LogP contribution in [-0.4, -0.2) is 0 Å². The highest BCUT2D eigenvalue weighted by molar-refractivity contribution is 5.45. The number of nitrogens with two attached hydrogens (primary N) is 1. The maximum absolute atomic E-state index is 6.19. The van der Waals surface area contributed by atoms with Crippen molar-refractivity contribution in [3.05, 3.63) is 65.7 Å². The lowest BCUT2D eigenvalue weighted by Gasteiger charge is -2.15. The maximum atomic E-state index is 6.19. The van der Waals surface area contributed by atoms with E-state index in [1.54, 1.807) is 0 Å². The summed E-state index contributed by atoms with van der Waals surface area (Å²) in [6, 6.07) is 19.0. The van der Waals surface area contributed by atoms with Gasteiger partial charge in [0.05, 0.1) is 0 Å². The van der Waals surface area contributed by atoms with Crippen molar-refractivity contribution >= 4 is 5.69 Å². The second-order valence-corrected chi connectivity index (χ2v) is 5.70. The van der Waals surface area contributed by atoms with Crippen molar-refractivity contribution < 1.29 is 0 Å². The molecule has 0 saturated heterocycles. The first-order chi connectivity index (χ1) is 9.65. The third-order valence-electron chi connectivity index (χ3n) is 3.40. The predicted octanol–water partition coefficient (Wildman–Crippen LogP) is 4.34. The van der Waals surface area contributed by atoms with Crippen LogP contribution in [0.15, 0.2) is 54.6 Å². The molecule has 2 rings (SSSR count). The molecule has 20 heavy (non-hydrogen) atoms. The van der Waals surface area contributed by atoms with E-state index in [2.05, 4.69) is 67.7 Å². The van der Waals surface area contributed by atoms with E-state index in [0.717, 1.165) is 18.7 Å². The van der Waals surface area contributed by atoms with Gasteiger partial charge in [-0.15, -0.1) is 0 Å². The van der Waals surface area contributed by atoms with Crippen LogP contribution >= 0.6 is 0 Å². The summed E-state index contributed by atoms with van der Waals surface area (Å²) < 4.78 is 0. The predicted molar refractivity (Wildman–Crippen MR) is 86.6 cm³/mol. The molecule has 0 unspecified atom stereocenters. The monoisotopic (exact) mass is 268 g/mol. The van der Waals surface area contributed by atoms with Crippen LogP contribution < -0.4 is 11.1 Å². The van der Waals surface area contributed by atoms with Crippen molar-refractivity contribution in [1.82, 2.24) is 0 Å². The Morgan fingerprint density at radius 3 is 2.20 bits per heavy atom. The van der Waals surface area contributed by atoms with Gasteiger partial charge < -0.3 is 11.1 Å². The van der Waals surface area contributed by atoms with Gasteiger partial charge in [0.1, 0.15) is 0 Å². The molecular formula is C18H24N2. The molecule has 0 spiro atoms. The fraction of sp³-hybridized carbons (Fsp3) is 0.333. The van der Waals surface area contributed by atoms with Gasteiger partial charge in [-0.25, -0.2) is 0 Å². The molecule has 1 atom stereocenters. The lowest BCUT2D eigenvalue weighted by molar-refractivity contribution is 0.510. The summed E-state index contributed by atoms with van der Waals surface area (Å²) in [5, 5.41) is 3.43. The topological polar surface area (TPSA) is 38.0 Å². The molecule has 3 N–H and O–H groups in total. The van der Waals surface area contributed by atoms with Gasteiger partial charge in [-0.2, -0.15) is 0 Å². The van der Waals surface area contributed by atoms with Crippen molar-refractivity contribution in [3.8, 4) is 0 Å². The maximum Gasteiger partial charge on any atom is 0.0400 e. The van der Waals surface area contributed by atoms with Crippen molar-refractivity contribution in [2.75, 3.05) is 5.32 Å². The van der Waals surface area contributed by atoms with E-state index < -0.39 is 0 Å². The smallest absolute Gasteiger partial charge is 0.0400 e. The minimum Gasteiger partial charge on any atom is -0.381 e. The fourth-order valence-electron chi connectivity index (χ4n) is 2.29. The standard InChI is InChI=1S/C18H24N2/c1-14(2)12-18(19)16-8-10-17(11-9-16)20-13-15-6-4-3-5-7-15/h3-11,14,18,20H,12-13,19H2,1-2H3/t18-/m1/s1. The molecule has 0 aliphatic heterocycles. The van der Waals surface area contributed by atoms with Crippen LogP contribution in [0, 0.1) is 5.92 Å². The number of nitrogens with one attached hydrogen (secondary N) is 1. The zero-order valence-electron chi connectivity index (χ0n) is 12.3. The molecule has 2 aromatic carbocycles. The van der Waals surface area contributed by atoms with Crippen LogP contribution in [0.3, 0.4) is 0 Å². The van der Waals surface area contributed by atoms with Gasteiger partial charge in [-0.3, -0.25) is 0 Å². The highest BCUT2D eigenvalue weighted by Crippen LogP contribution is 2.20. The van der Waals surface area contributed by atoms with Crippen molar-refractivity contribution in [2.45, 2.75) is 32.9 Å². The second kappa shape index (κ2) is 7.11. The summed E-state index contributed by atoms with van der Waals surface area (Å²) in [6.45, 7) is 5.25. The quantitative estimate of drug-likeness (QED) is 0.817. The lowest BCUT2D eigenvalue weighted by Crippen LogP contribution is -2.12. The van der Waals surface area contributed by atoms with Crippen LogP contribution in [0.2, 0.25) is 0 Å². The summed E-state index contributed by atoms with van der Waals surface area (Å²) in [5.74, 6) is 0.626. The Labute approximate surface area is 122 Å². The Bertz CT molecular complexity index is 503. The molecule has 0 bridgehead atoms. The molecule has 0 fully saturated rings. The number of hydrogen-bond donors (Lipinski definition) is 2. The first-order valence-electron chi connectivity index (χ1n) is 7.28. The summed E-state index contributed by atoms with van der Waals surface area (Å²) in [4.78, 5) is 0. The number of rotatable bonds is 6. The normalized spacial score (nSPS) is 12.4. The highest BCUT2D eigenvalue weighted by atomic mass is 14.9. The number of hydrogen-bond acceptors (Lipinski definition) is 2. The second-order valence-electron chi connectivity index (χ2n) is 5.70. The minimum atomic E-state index is 0.137. The van der Waals surface area contributed by atoms with Crippen LogP contribution in [0.4, 0.5) is 5.69 Å². The van der Waals surface area contributed by atoms with Crippen LogP contribution in [0.5, 0.6) is 0 Å². The summed E-state index contributed by atoms with van der Waals surface area (Å²) >= 11 is 0. The molecule has 0 heterocycles. The van der Waals surface area contributed by atoms with E-state index in [0.29, 0.717) is 5.92 Å². The van der Waals surface area contributed by atoms with E-state index in [-0.39, 0.29) is 6.04 Å². The Hall–Kier alpha value is -1.80. The van der Waals surface area contributed by atoms with Crippen LogP contribution in [0.25, 0.3) is 0 Å². The lowest BCUT2D eigenvalue weighted by atomic mass is 9.98. The number of anilines is 1. The molecule has 0 amide bonds. The molecule has 0 aliphatic rings. The third-order valence-corrected chi connectivity index (χ3v) is 3.40. The van der Waals surface area contributed by atoms with Gasteiger partial charge in [0.2, 0.25) is 0 Å². The van der Waals surface area contributed by atoms with E-state index in [1.807, 2.05) is 6.07 Å². The number of benzene rings is 2. The first kappa shape index (κ1) is 14.6. The van der Waals surface area contributed by atoms with Gasteiger partial charge in [0.15, 0.2) is 0 Å². The summed E-state index contributed by atoms with van der Waals surface area (Å²) in [5.41, 5.74) is 9.82. The Balaban J connectivity index is 1.91. The van der Waals surface area contributed by atoms with Gasteiger partial charge in [-0.1, -0.05) is 56.3 Å². The molecule has 2 nitrogen and oxygen atoms in total. The Morgan fingerprint density at radius 1 is 0.950 bits per heavy atom. The zero-order chi connectivity index (χ0) is 14.4. The third kappa shape index (κ3) is 4.39. The van der Waals surface area contributed by atoms with E-state index in [9.17, 15) is 0 Å². The summed E-state index contributed by atoms with van der Waals surface area (Å²) in [6.07, 6.45) is 1.02. The van der Waals surface area contributed by atoms with Gasteiger partial charge in [-0.05, 0) is 35.6 Å². The molecule has 0 saturated carbocycles. The van der Waals surface area contributed by atoms with Crippen LogP contribution in [0.1, 0.15) is 37.4 Å². The summed E-state index contributed by atoms with van der Waals surface area (Å²) in [7, 11) is 0. The molecule has 106 valence electrons. The molecule has 2 aromatic rings. The van der Waals surface area contributed by atoms with E-state index in [4.69, 9.17) is 5.73 Å². The van der Waals surface area contributed by atoms with Crippen molar-refractivity contribution in [2.24, 2.45) is 11.7 Å². The zero-order valence-corrected chi connectivity index (χ0v) is 12.3. The SMILES string of the molecule is CC(C)C[C@@H](N)c1ccc(NCc2ccccc2)cc1. The first-order valence-corrected chi connectivity index (χ1v) is 7.28. The van der Waals surface area contributed by atoms with E-state index in [1.165, 1.54) is 11.1 Å². The van der Waals surface area contributed by atoms with Crippen molar-refractivity contribution in [3.63, 3.8) is 0 Å². The average Bonchev–Trinajstić information content (AvgIpc) is 2.46. The molecule has 0 aromatic heterocycles. The molecule has 0 aliphatic carbocycles. The minimum absolute atomic E-state index is 0.137. The molecule has 2 heteroatoms. The van der Waals surface area contributed by atoms with Gasteiger partial charge >= 0.3 is 0 Å². The Morgan fingerprint density at radius 2 is 1.60 bits per heavy atom. The average molecular weight is 268 g/mol. The Kier molecular flexibility index (Phi) is 5.19. The van der Waals surface area contributed by atoms with Crippen molar-refractivity contribution in [1.29, 1.82) is 0 Å². The molecule has 0 radical (unpaired) electrons. The van der Waals surface area contributed by atoms with Gasteiger partial charge in [0.25, 0.3) is 0 Å². The van der Waals surface area contributed by atoms with Gasteiger partial charge in [0, 0.05) is 18.3 Å². The van der Waals surface area contributed by atoms with Crippen LogP contribution in [-0.2, 0) is 6.54 Å². The largest absolute Gasteiger partial charge is 0.381 e. The highest BCUT2D eigenvalue weighted by Gasteiger charge is 2.07. The van der Waals surface area contributed by atoms with E-state index >= 15 is 0 Å².